The molecule has 0 aromatic heterocycles. The van der Waals surface area contributed by atoms with Crippen molar-refractivity contribution in [3.63, 3.8) is 0 Å². The zero-order valence-corrected chi connectivity index (χ0v) is 9.37. The van der Waals surface area contributed by atoms with Gasteiger partial charge in [0.2, 0.25) is 0 Å². The number of carbonyl (C=O) groups excluding carboxylic acids is 1. The third-order valence-corrected chi connectivity index (χ3v) is 3.11. The Morgan fingerprint density at radius 1 is 1.47 bits per heavy atom. The molecule has 0 spiro atoms. The predicted molar refractivity (Wildman–Crippen MR) is 57.6 cm³/mol. The Kier molecular flexibility index (Phi) is 3.59. The fourth-order valence-electron chi connectivity index (χ4n) is 2.28. The number of nitrogens with zero attached hydrogens (tertiary/aromatic N) is 1. The average molecular weight is 212 g/mol. The van der Waals surface area contributed by atoms with E-state index in [1.54, 1.807) is 0 Å². The van der Waals surface area contributed by atoms with Crippen molar-refractivity contribution in [2.45, 2.75) is 38.3 Å². The molecular formula is C11H20N2O2. The fourth-order valence-corrected chi connectivity index (χ4v) is 2.28. The molecule has 2 heterocycles. The van der Waals surface area contributed by atoms with Crippen LogP contribution < -0.4 is 5.32 Å². The topological polar surface area (TPSA) is 41.6 Å². The SMILES string of the molecule is CC1CN(C(=O)C2CCCO2)CCCN1. The van der Waals surface area contributed by atoms with E-state index in [4.69, 9.17) is 4.74 Å². The van der Waals surface area contributed by atoms with Crippen LogP contribution in [0.4, 0.5) is 0 Å². The van der Waals surface area contributed by atoms with E-state index in [0.29, 0.717) is 6.04 Å². The predicted octanol–water partition coefficient (Wildman–Crippen LogP) is 0.376. The Morgan fingerprint density at radius 3 is 3.07 bits per heavy atom. The maximum Gasteiger partial charge on any atom is 0.251 e. The number of ether oxygens (including phenoxy) is 1. The van der Waals surface area contributed by atoms with E-state index < -0.39 is 0 Å². The zero-order valence-electron chi connectivity index (χ0n) is 9.37. The molecule has 2 aliphatic rings. The van der Waals surface area contributed by atoms with Crippen LogP contribution in [-0.2, 0) is 9.53 Å². The molecule has 86 valence electrons. The number of hydrogen-bond donors (Lipinski definition) is 1. The van der Waals surface area contributed by atoms with Crippen LogP contribution in [0.15, 0.2) is 0 Å². The summed E-state index contributed by atoms with van der Waals surface area (Å²) in [5.74, 6) is 0.197. The van der Waals surface area contributed by atoms with Gasteiger partial charge in [0, 0.05) is 25.7 Å². The van der Waals surface area contributed by atoms with Crippen LogP contribution in [0.2, 0.25) is 0 Å². The highest BCUT2D eigenvalue weighted by molar-refractivity contribution is 5.81. The summed E-state index contributed by atoms with van der Waals surface area (Å²) in [4.78, 5) is 14.0. The lowest BCUT2D eigenvalue weighted by Crippen LogP contribution is -2.43. The molecule has 0 bridgehead atoms. The van der Waals surface area contributed by atoms with Gasteiger partial charge in [0.25, 0.3) is 5.91 Å². The Hall–Kier alpha value is -0.610. The molecule has 0 aromatic carbocycles. The van der Waals surface area contributed by atoms with Crippen LogP contribution in [0.25, 0.3) is 0 Å². The van der Waals surface area contributed by atoms with Gasteiger partial charge in [-0.2, -0.15) is 0 Å². The molecule has 1 amide bonds. The Bertz CT molecular complexity index is 227. The van der Waals surface area contributed by atoms with E-state index in [0.717, 1.165) is 45.5 Å². The average Bonchev–Trinajstić information content (AvgIpc) is 2.67. The molecule has 0 aromatic rings. The van der Waals surface area contributed by atoms with Gasteiger partial charge in [0.05, 0.1) is 0 Å². The third kappa shape index (κ3) is 2.69. The van der Waals surface area contributed by atoms with Crippen molar-refractivity contribution < 1.29 is 9.53 Å². The normalized spacial score (nSPS) is 32.7. The van der Waals surface area contributed by atoms with E-state index in [1.165, 1.54) is 0 Å². The van der Waals surface area contributed by atoms with Crippen LogP contribution >= 0.6 is 0 Å². The molecule has 2 unspecified atom stereocenters. The molecule has 15 heavy (non-hydrogen) atoms. The highest BCUT2D eigenvalue weighted by atomic mass is 16.5. The standard InChI is InChI=1S/C11H20N2O2/c1-9-8-13(6-3-5-12-9)11(14)10-4-2-7-15-10/h9-10,12H,2-8H2,1H3. The summed E-state index contributed by atoms with van der Waals surface area (Å²) in [5.41, 5.74) is 0. The molecule has 2 fully saturated rings. The van der Waals surface area contributed by atoms with Gasteiger partial charge in [-0.25, -0.2) is 0 Å². The first-order valence-electron chi connectivity index (χ1n) is 5.91. The molecule has 1 N–H and O–H groups in total. The Morgan fingerprint density at radius 2 is 2.33 bits per heavy atom. The first-order chi connectivity index (χ1) is 7.27. The van der Waals surface area contributed by atoms with Crippen molar-refractivity contribution in [3.8, 4) is 0 Å². The number of nitrogens with one attached hydrogen (secondary N) is 1. The van der Waals surface area contributed by atoms with Crippen molar-refractivity contribution in [2.24, 2.45) is 0 Å². The lowest BCUT2D eigenvalue weighted by molar-refractivity contribution is -0.141. The lowest BCUT2D eigenvalue weighted by atomic mass is 10.2. The minimum absolute atomic E-state index is 0.157. The van der Waals surface area contributed by atoms with E-state index in [1.807, 2.05) is 4.90 Å². The van der Waals surface area contributed by atoms with Crippen molar-refractivity contribution >= 4 is 5.91 Å². The highest BCUT2D eigenvalue weighted by Crippen LogP contribution is 2.15. The first kappa shape index (κ1) is 10.9. The zero-order chi connectivity index (χ0) is 10.7. The minimum atomic E-state index is -0.157. The smallest absolute Gasteiger partial charge is 0.251 e. The van der Waals surface area contributed by atoms with E-state index in [9.17, 15) is 4.79 Å². The molecule has 4 nitrogen and oxygen atoms in total. The van der Waals surface area contributed by atoms with Crippen LogP contribution in [-0.4, -0.2) is 49.2 Å². The van der Waals surface area contributed by atoms with Crippen molar-refractivity contribution in [1.29, 1.82) is 0 Å². The van der Waals surface area contributed by atoms with Crippen LogP contribution in [0.1, 0.15) is 26.2 Å². The van der Waals surface area contributed by atoms with E-state index in [2.05, 4.69) is 12.2 Å². The van der Waals surface area contributed by atoms with Crippen molar-refractivity contribution in [3.05, 3.63) is 0 Å². The van der Waals surface area contributed by atoms with Crippen molar-refractivity contribution in [2.75, 3.05) is 26.2 Å². The van der Waals surface area contributed by atoms with Crippen LogP contribution in [0.5, 0.6) is 0 Å². The Labute approximate surface area is 91.0 Å². The summed E-state index contributed by atoms with van der Waals surface area (Å²) in [6.45, 7) is 5.57. The maximum absolute atomic E-state index is 12.1. The van der Waals surface area contributed by atoms with Gasteiger partial charge in [-0.3, -0.25) is 4.79 Å². The van der Waals surface area contributed by atoms with Crippen LogP contribution in [0.3, 0.4) is 0 Å². The van der Waals surface area contributed by atoms with Crippen molar-refractivity contribution in [1.82, 2.24) is 10.2 Å². The molecule has 0 radical (unpaired) electrons. The fraction of sp³-hybridized carbons (Fsp3) is 0.909. The minimum Gasteiger partial charge on any atom is -0.368 e. The molecule has 2 atom stereocenters. The summed E-state index contributed by atoms with van der Waals surface area (Å²) in [6, 6.07) is 0.401. The van der Waals surface area contributed by atoms with Gasteiger partial charge in [-0.1, -0.05) is 0 Å². The second-order valence-corrected chi connectivity index (χ2v) is 4.49. The molecule has 2 saturated heterocycles. The largest absolute Gasteiger partial charge is 0.368 e. The molecular weight excluding hydrogens is 192 g/mol. The summed E-state index contributed by atoms with van der Waals surface area (Å²) in [7, 11) is 0. The van der Waals surface area contributed by atoms with E-state index >= 15 is 0 Å². The maximum atomic E-state index is 12.1. The second kappa shape index (κ2) is 4.94. The number of hydrogen-bond acceptors (Lipinski definition) is 3. The summed E-state index contributed by atoms with van der Waals surface area (Å²) >= 11 is 0. The highest BCUT2D eigenvalue weighted by Gasteiger charge is 2.29. The molecule has 2 rings (SSSR count). The molecule has 0 aliphatic carbocycles. The van der Waals surface area contributed by atoms with Gasteiger partial charge < -0.3 is 15.0 Å². The quantitative estimate of drug-likeness (QED) is 0.683. The second-order valence-electron chi connectivity index (χ2n) is 4.49. The van der Waals surface area contributed by atoms with Gasteiger partial charge in [0.1, 0.15) is 6.10 Å². The monoisotopic (exact) mass is 212 g/mol. The molecule has 4 heteroatoms. The number of amides is 1. The van der Waals surface area contributed by atoms with Gasteiger partial charge >= 0.3 is 0 Å². The number of carbonyl (C=O) groups is 1. The Balaban J connectivity index is 1.92. The van der Waals surface area contributed by atoms with Crippen LogP contribution in [0, 0.1) is 0 Å². The van der Waals surface area contributed by atoms with E-state index in [-0.39, 0.29) is 12.0 Å². The number of rotatable bonds is 1. The first-order valence-corrected chi connectivity index (χ1v) is 5.91. The van der Waals surface area contributed by atoms with Gasteiger partial charge in [-0.05, 0) is 32.7 Å². The van der Waals surface area contributed by atoms with Gasteiger partial charge in [-0.15, -0.1) is 0 Å². The lowest BCUT2D eigenvalue weighted by Gasteiger charge is -2.25. The third-order valence-electron chi connectivity index (χ3n) is 3.11. The summed E-state index contributed by atoms with van der Waals surface area (Å²) in [5, 5.41) is 3.39. The summed E-state index contributed by atoms with van der Waals surface area (Å²) < 4.78 is 5.43. The molecule has 2 aliphatic heterocycles. The molecule has 0 saturated carbocycles. The summed E-state index contributed by atoms with van der Waals surface area (Å²) in [6.07, 6.45) is 2.81. The van der Waals surface area contributed by atoms with Gasteiger partial charge in [0.15, 0.2) is 0 Å².